The molecule has 1 rings (SSSR count). The Kier molecular flexibility index (Phi) is 6.36. The monoisotopic (exact) mass is 318 g/mol. The van der Waals surface area contributed by atoms with Gasteiger partial charge in [0, 0.05) is 12.0 Å². The molecule has 1 aromatic carbocycles. The van der Waals surface area contributed by atoms with Crippen LogP contribution < -0.4 is 10.5 Å². The number of ketones is 1. The van der Waals surface area contributed by atoms with Crippen LogP contribution in [0, 0.1) is 0 Å². The zero-order valence-electron chi connectivity index (χ0n) is 14.2. The summed E-state index contributed by atoms with van der Waals surface area (Å²) in [6, 6.07) is 6.18. The van der Waals surface area contributed by atoms with Crippen molar-refractivity contribution in [2.45, 2.75) is 45.8 Å². The molecule has 7 heteroatoms. The van der Waals surface area contributed by atoms with Gasteiger partial charge < -0.3 is 15.3 Å². The number of hydrogen-bond donors (Lipinski definition) is 2. The Labute approximate surface area is 137 Å². The largest absolute Gasteiger partial charge is 0.444 e. The van der Waals surface area contributed by atoms with Gasteiger partial charge in [-0.1, -0.05) is 18.2 Å². The molecule has 0 spiro atoms. The SMILES string of the molecule is BNC(=O)c1ccccc1CC(=O)[C@H](C)NC(=O)OC(C)(C)C. The van der Waals surface area contributed by atoms with Crippen LogP contribution in [0.25, 0.3) is 0 Å². The molecule has 0 fully saturated rings. The lowest BCUT2D eigenvalue weighted by atomic mass is 9.99. The minimum absolute atomic E-state index is 0.0561. The fourth-order valence-electron chi connectivity index (χ4n) is 1.94. The van der Waals surface area contributed by atoms with Gasteiger partial charge in [0.2, 0.25) is 13.9 Å². The first kappa shape index (κ1) is 18.7. The molecule has 0 heterocycles. The van der Waals surface area contributed by atoms with Gasteiger partial charge in [-0.3, -0.25) is 9.59 Å². The van der Waals surface area contributed by atoms with Gasteiger partial charge in [-0.15, -0.1) is 0 Å². The van der Waals surface area contributed by atoms with Crippen LogP contribution in [-0.2, 0) is 16.0 Å². The molecule has 0 aliphatic carbocycles. The first-order valence-corrected chi connectivity index (χ1v) is 7.46. The van der Waals surface area contributed by atoms with E-state index in [9.17, 15) is 14.4 Å². The topological polar surface area (TPSA) is 84.5 Å². The van der Waals surface area contributed by atoms with Crippen molar-refractivity contribution in [2.24, 2.45) is 0 Å². The Balaban J connectivity index is 2.73. The van der Waals surface area contributed by atoms with E-state index in [1.54, 1.807) is 52.0 Å². The average Bonchev–Trinajstić information content (AvgIpc) is 2.44. The number of rotatable bonds is 5. The number of carbonyl (C=O) groups is 3. The number of amides is 2. The zero-order valence-corrected chi connectivity index (χ0v) is 14.2. The van der Waals surface area contributed by atoms with E-state index in [0.29, 0.717) is 11.1 Å². The van der Waals surface area contributed by atoms with Gasteiger partial charge >= 0.3 is 6.09 Å². The molecule has 0 aliphatic rings. The number of nitrogens with one attached hydrogen (secondary N) is 2. The van der Waals surface area contributed by atoms with E-state index in [4.69, 9.17) is 4.74 Å². The lowest BCUT2D eigenvalue weighted by molar-refractivity contribution is -0.120. The highest BCUT2D eigenvalue weighted by Crippen LogP contribution is 2.11. The fourth-order valence-corrected chi connectivity index (χ4v) is 1.94. The molecule has 0 radical (unpaired) electrons. The quantitative estimate of drug-likeness (QED) is 0.793. The van der Waals surface area contributed by atoms with Crippen LogP contribution in [0.15, 0.2) is 24.3 Å². The van der Waals surface area contributed by atoms with Gasteiger partial charge in [-0.2, -0.15) is 0 Å². The molecule has 2 N–H and O–H groups in total. The second-order valence-electron chi connectivity index (χ2n) is 6.25. The molecule has 0 bridgehead atoms. The first-order chi connectivity index (χ1) is 10.6. The third-order valence-corrected chi connectivity index (χ3v) is 3.07. The minimum atomic E-state index is -0.706. The van der Waals surface area contributed by atoms with Crippen molar-refractivity contribution < 1.29 is 19.1 Å². The van der Waals surface area contributed by atoms with Crippen LogP contribution >= 0.6 is 0 Å². The third-order valence-electron chi connectivity index (χ3n) is 3.07. The van der Waals surface area contributed by atoms with Crippen molar-refractivity contribution >= 4 is 25.8 Å². The van der Waals surface area contributed by atoms with Crippen LogP contribution in [0.3, 0.4) is 0 Å². The van der Waals surface area contributed by atoms with Crippen molar-refractivity contribution in [1.29, 1.82) is 0 Å². The highest BCUT2D eigenvalue weighted by atomic mass is 16.6. The number of hydrogen-bond acceptors (Lipinski definition) is 4. The van der Waals surface area contributed by atoms with Gasteiger partial charge in [0.25, 0.3) is 0 Å². The zero-order chi connectivity index (χ0) is 17.6. The summed E-state index contributed by atoms with van der Waals surface area (Å²) in [6.07, 6.45) is -0.585. The number of benzene rings is 1. The number of ether oxygens (including phenoxy) is 1. The second-order valence-corrected chi connectivity index (χ2v) is 6.25. The number of carbonyl (C=O) groups excluding carboxylic acids is 3. The van der Waals surface area contributed by atoms with E-state index in [2.05, 4.69) is 10.5 Å². The Morgan fingerprint density at radius 3 is 2.39 bits per heavy atom. The standard InChI is InChI=1S/C16H23BN2O4/c1-10(18-15(22)23-16(2,3)4)13(20)9-11-7-5-6-8-12(11)14(21)19-17/h5-8,10H,9,17H2,1-4H3,(H,18,22)(H,19,21)/t10-/m0/s1. The van der Waals surface area contributed by atoms with Crippen molar-refractivity contribution in [1.82, 2.24) is 10.5 Å². The molecule has 2 amide bonds. The Morgan fingerprint density at radius 2 is 1.83 bits per heavy atom. The van der Waals surface area contributed by atoms with E-state index < -0.39 is 17.7 Å². The molecular weight excluding hydrogens is 295 g/mol. The Morgan fingerprint density at radius 1 is 1.22 bits per heavy atom. The van der Waals surface area contributed by atoms with Gasteiger partial charge in [0.1, 0.15) is 5.60 Å². The lowest BCUT2D eigenvalue weighted by Gasteiger charge is -2.21. The molecule has 0 unspecified atom stereocenters. The number of alkyl carbamates (subject to hydrolysis) is 1. The van der Waals surface area contributed by atoms with E-state index in [1.165, 1.54) is 7.98 Å². The summed E-state index contributed by atoms with van der Waals surface area (Å²) in [6.45, 7) is 6.84. The number of Topliss-reactive ketones (excluding diaryl/α,β-unsaturated/α-hetero) is 1. The van der Waals surface area contributed by atoms with Gasteiger partial charge in [0.05, 0.1) is 6.04 Å². The van der Waals surface area contributed by atoms with Crippen molar-refractivity contribution in [3.05, 3.63) is 35.4 Å². The van der Waals surface area contributed by atoms with Crippen LogP contribution in [0.2, 0.25) is 0 Å². The smallest absolute Gasteiger partial charge is 0.408 e. The minimum Gasteiger partial charge on any atom is -0.444 e. The molecule has 0 saturated heterocycles. The molecular formula is C16H23BN2O4. The summed E-state index contributed by atoms with van der Waals surface area (Å²) >= 11 is 0. The maximum Gasteiger partial charge on any atom is 0.408 e. The molecule has 0 aromatic heterocycles. The second kappa shape index (κ2) is 7.81. The molecule has 124 valence electrons. The highest BCUT2D eigenvalue weighted by Gasteiger charge is 2.22. The van der Waals surface area contributed by atoms with Crippen LogP contribution in [0.4, 0.5) is 4.79 Å². The predicted molar refractivity (Wildman–Crippen MR) is 90.0 cm³/mol. The molecule has 1 aromatic rings. The van der Waals surface area contributed by atoms with Crippen molar-refractivity contribution in [3.63, 3.8) is 0 Å². The van der Waals surface area contributed by atoms with E-state index >= 15 is 0 Å². The first-order valence-electron chi connectivity index (χ1n) is 7.46. The summed E-state index contributed by atoms with van der Waals surface area (Å²) < 4.78 is 5.12. The van der Waals surface area contributed by atoms with Gasteiger partial charge in [-0.25, -0.2) is 4.79 Å². The maximum absolute atomic E-state index is 12.3. The molecule has 6 nitrogen and oxygen atoms in total. The highest BCUT2D eigenvalue weighted by molar-refractivity contribution is 6.18. The maximum atomic E-state index is 12.3. The van der Waals surface area contributed by atoms with E-state index in [1.807, 2.05) is 0 Å². The molecule has 1 atom stereocenters. The Bertz CT molecular complexity index is 596. The van der Waals surface area contributed by atoms with Crippen LogP contribution in [0.5, 0.6) is 0 Å². The summed E-state index contributed by atoms with van der Waals surface area (Å²) in [5.41, 5.74) is 0.445. The summed E-state index contributed by atoms with van der Waals surface area (Å²) in [5.74, 6) is -0.451. The lowest BCUT2D eigenvalue weighted by Crippen LogP contribution is -2.42. The van der Waals surface area contributed by atoms with Crippen LogP contribution in [0.1, 0.15) is 43.6 Å². The van der Waals surface area contributed by atoms with Crippen LogP contribution in [-0.4, -0.2) is 37.4 Å². The average molecular weight is 318 g/mol. The summed E-state index contributed by atoms with van der Waals surface area (Å²) in [5, 5.41) is 5.05. The third kappa shape index (κ3) is 6.14. The van der Waals surface area contributed by atoms with Crippen molar-refractivity contribution in [2.75, 3.05) is 0 Å². The molecule has 0 aliphatic heterocycles. The fraction of sp³-hybridized carbons (Fsp3) is 0.438. The van der Waals surface area contributed by atoms with E-state index in [0.717, 1.165) is 0 Å². The normalized spacial score (nSPS) is 12.2. The van der Waals surface area contributed by atoms with Gasteiger partial charge in [0.15, 0.2) is 5.78 Å². The van der Waals surface area contributed by atoms with E-state index in [-0.39, 0.29) is 18.1 Å². The summed E-state index contributed by atoms with van der Waals surface area (Å²) in [7, 11) is 1.54. The summed E-state index contributed by atoms with van der Waals surface area (Å²) in [4.78, 5) is 35.8. The van der Waals surface area contributed by atoms with Gasteiger partial charge in [-0.05, 0) is 39.3 Å². The Hall–Kier alpha value is -2.31. The molecule has 23 heavy (non-hydrogen) atoms. The molecule has 0 saturated carbocycles. The van der Waals surface area contributed by atoms with Crippen molar-refractivity contribution in [3.8, 4) is 0 Å². The predicted octanol–water partition coefficient (Wildman–Crippen LogP) is 0.989.